The molecule has 7 atom stereocenters. The summed E-state index contributed by atoms with van der Waals surface area (Å²) < 4.78 is 13.7. The number of hydrogen-bond donors (Lipinski definition) is 3. The molecule has 2 bridgehead atoms. The largest absolute Gasteiger partial charge is 0.407 e. The van der Waals surface area contributed by atoms with E-state index in [9.17, 15) is 15.0 Å². The molecule has 3 aliphatic rings. The Morgan fingerprint density at radius 2 is 2.19 bits per heavy atom. The van der Waals surface area contributed by atoms with Crippen molar-refractivity contribution in [2.45, 2.75) is 68.9 Å². The molecule has 1 aliphatic heterocycles. The van der Waals surface area contributed by atoms with Gasteiger partial charge in [0.05, 0.1) is 6.61 Å². The lowest BCUT2D eigenvalue weighted by Gasteiger charge is -2.39. The highest BCUT2D eigenvalue weighted by Gasteiger charge is 2.53. The maximum Gasteiger partial charge on any atom is 0.351 e. The number of nitrogen functional groups attached to an aromatic ring is 1. The summed E-state index contributed by atoms with van der Waals surface area (Å²) >= 11 is 0. The fourth-order valence-electron chi connectivity index (χ4n) is 5.37. The van der Waals surface area contributed by atoms with Gasteiger partial charge in [0.1, 0.15) is 24.1 Å². The van der Waals surface area contributed by atoms with E-state index in [0.717, 1.165) is 5.92 Å². The molecule has 1 aromatic heterocycles. The van der Waals surface area contributed by atoms with E-state index in [1.807, 2.05) is 0 Å². The number of anilines is 1. The number of hydrogen-bond acceptors (Lipinski definition) is 7. The summed E-state index contributed by atoms with van der Waals surface area (Å²) in [6, 6.07) is 1.51. The van der Waals surface area contributed by atoms with E-state index in [1.54, 1.807) is 0 Å². The van der Waals surface area contributed by atoms with E-state index in [2.05, 4.69) is 18.1 Å². The van der Waals surface area contributed by atoms with Crippen molar-refractivity contribution in [2.24, 2.45) is 11.8 Å². The molecule has 0 amide bonds. The third-order valence-corrected chi connectivity index (χ3v) is 10.1. The highest BCUT2D eigenvalue weighted by Crippen LogP contribution is 2.56. The number of ether oxygens (including phenoxy) is 1. The molecule has 3 fully saturated rings. The molecular weight excluding hydrogens is 366 g/mol. The van der Waals surface area contributed by atoms with Crippen molar-refractivity contribution in [3.8, 4) is 0 Å². The van der Waals surface area contributed by atoms with Crippen LogP contribution in [0.2, 0.25) is 18.6 Å². The molecular formula is C18H29N3O5Si. The summed E-state index contributed by atoms with van der Waals surface area (Å²) in [5, 5.41) is 20.3. The second kappa shape index (κ2) is 6.96. The number of rotatable bonds is 5. The van der Waals surface area contributed by atoms with Gasteiger partial charge in [0.25, 0.3) is 0 Å². The van der Waals surface area contributed by atoms with Gasteiger partial charge in [-0.2, -0.15) is 4.98 Å². The summed E-state index contributed by atoms with van der Waals surface area (Å²) in [7, 11) is -2.16. The van der Waals surface area contributed by atoms with Gasteiger partial charge < -0.3 is 25.1 Å². The summed E-state index contributed by atoms with van der Waals surface area (Å²) in [4.78, 5) is 16.1. The molecule has 4 N–H and O–H groups in total. The van der Waals surface area contributed by atoms with E-state index < -0.39 is 38.5 Å². The van der Waals surface area contributed by atoms with Crippen LogP contribution in [0.1, 0.15) is 31.9 Å². The summed E-state index contributed by atoms with van der Waals surface area (Å²) in [6.45, 7) is 4.04. The first-order valence-electron chi connectivity index (χ1n) is 9.77. The predicted octanol–water partition coefficient (Wildman–Crippen LogP) is 0.857. The SMILES string of the molecule is C[Si](C)(OC1C(O)C(CO)OC1n1ccc(N)nc1=O)C1CC2CCC1C2. The quantitative estimate of drug-likeness (QED) is 0.632. The number of aliphatic hydroxyl groups excluding tert-OH is 2. The van der Waals surface area contributed by atoms with Crippen LogP contribution >= 0.6 is 0 Å². The molecule has 2 heterocycles. The van der Waals surface area contributed by atoms with Crippen LogP contribution in [0.3, 0.4) is 0 Å². The van der Waals surface area contributed by atoms with Crippen molar-refractivity contribution in [3.05, 3.63) is 22.7 Å². The van der Waals surface area contributed by atoms with E-state index in [1.165, 1.54) is 42.5 Å². The van der Waals surface area contributed by atoms with Crippen LogP contribution in [0.4, 0.5) is 5.82 Å². The normalized spacial score (nSPS) is 38.6. The van der Waals surface area contributed by atoms with Gasteiger partial charge in [-0.15, -0.1) is 0 Å². The Morgan fingerprint density at radius 1 is 1.41 bits per heavy atom. The van der Waals surface area contributed by atoms with Crippen LogP contribution in [0.25, 0.3) is 0 Å². The van der Waals surface area contributed by atoms with Crippen molar-refractivity contribution in [2.75, 3.05) is 12.3 Å². The Labute approximate surface area is 159 Å². The average molecular weight is 396 g/mol. The van der Waals surface area contributed by atoms with Crippen molar-refractivity contribution in [3.63, 3.8) is 0 Å². The predicted molar refractivity (Wildman–Crippen MR) is 101 cm³/mol. The van der Waals surface area contributed by atoms with Gasteiger partial charge in [-0.3, -0.25) is 4.57 Å². The molecule has 0 aromatic carbocycles. The number of nitrogens with two attached hydrogens (primary N) is 1. The molecule has 1 saturated heterocycles. The Morgan fingerprint density at radius 3 is 2.78 bits per heavy atom. The Bertz CT molecular complexity index is 757. The highest BCUT2D eigenvalue weighted by atomic mass is 28.4. The first kappa shape index (κ1) is 19.1. The van der Waals surface area contributed by atoms with Gasteiger partial charge in [-0.05, 0) is 49.4 Å². The lowest BCUT2D eigenvalue weighted by Crippen LogP contribution is -2.48. The molecule has 1 aromatic rings. The Kier molecular flexibility index (Phi) is 4.92. The topological polar surface area (TPSA) is 120 Å². The van der Waals surface area contributed by atoms with Gasteiger partial charge in [0, 0.05) is 6.20 Å². The Balaban J connectivity index is 1.60. The summed E-state index contributed by atoms with van der Waals surface area (Å²) in [5.74, 6) is 1.65. The molecule has 8 nitrogen and oxygen atoms in total. The molecule has 4 rings (SSSR count). The fraction of sp³-hybridized carbons (Fsp3) is 0.778. The zero-order chi connectivity index (χ0) is 19.3. The number of fused-ring (bicyclic) bond motifs is 2. The van der Waals surface area contributed by atoms with Gasteiger partial charge in [-0.1, -0.05) is 12.8 Å². The number of aliphatic hydroxyl groups is 2. The van der Waals surface area contributed by atoms with Crippen molar-refractivity contribution >= 4 is 14.1 Å². The average Bonchev–Trinajstić information content (AvgIpc) is 3.31. The van der Waals surface area contributed by atoms with E-state index >= 15 is 0 Å². The molecule has 9 heteroatoms. The molecule has 2 saturated carbocycles. The maximum absolute atomic E-state index is 12.3. The smallest absolute Gasteiger partial charge is 0.351 e. The molecule has 150 valence electrons. The van der Waals surface area contributed by atoms with Gasteiger partial charge in [0.15, 0.2) is 14.5 Å². The minimum absolute atomic E-state index is 0.127. The van der Waals surface area contributed by atoms with Crippen LogP contribution in [0.15, 0.2) is 17.1 Å². The second-order valence-corrected chi connectivity index (χ2v) is 12.9. The number of aromatic nitrogens is 2. The molecule has 7 unspecified atom stereocenters. The lowest BCUT2D eigenvalue weighted by molar-refractivity contribution is -0.0533. The lowest BCUT2D eigenvalue weighted by atomic mass is 10.0. The first-order valence-corrected chi connectivity index (χ1v) is 12.8. The monoisotopic (exact) mass is 395 g/mol. The minimum atomic E-state index is -2.16. The van der Waals surface area contributed by atoms with Gasteiger partial charge in [-0.25, -0.2) is 4.79 Å². The molecule has 27 heavy (non-hydrogen) atoms. The Hall–Kier alpha value is -1.26. The van der Waals surface area contributed by atoms with Gasteiger partial charge in [0.2, 0.25) is 0 Å². The number of nitrogens with zero attached hydrogens (tertiary/aromatic N) is 2. The van der Waals surface area contributed by atoms with Crippen molar-refractivity contribution in [1.82, 2.24) is 9.55 Å². The molecule has 0 spiro atoms. The zero-order valence-electron chi connectivity index (χ0n) is 15.8. The van der Waals surface area contributed by atoms with Crippen LogP contribution in [-0.2, 0) is 9.16 Å². The van der Waals surface area contributed by atoms with Crippen molar-refractivity contribution in [1.29, 1.82) is 0 Å². The summed E-state index contributed by atoms with van der Waals surface area (Å²) in [5.41, 5.74) is 5.58. The van der Waals surface area contributed by atoms with E-state index in [-0.39, 0.29) is 12.4 Å². The third-order valence-electron chi connectivity index (χ3n) is 6.69. The zero-order valence-corrected chi connectivity index (χ0v) is 16.8. The summed E-state index contributed by atoms with van der Waals surface area (Å²) in [6.07, 6.45) is 3.23. The standard InChI is InChI=1S/C18H29N3O5Si/c1-27(2,13-8-10-3-4-11(13)7-10)26-16-15(23)12(9-22)25-17(16)21-6-5-14(19)20-18(21)24/h5-6,10-13,15-17,22-23H,3-4,7-9H2,1-2H3,(H2,19,20,24). The maximum atomic E-state index is 12.3. The van der Waals surface area contributed by atoms with Crippen molar-refractivity contribution < 1.29 is 19.4 Å². The third kappa shape index (κ3) is 3.36. The van der Waals surface area contributed by atoms with E-state index in [4.69, 9.17) is 14.9 Å². The molecule has 0 radical (unpaired) electrons. The minimum Gasteiger partial charge on any atom is -0.407 e. The van der Waals surface area contributed by atoms with E-state index in [0.29, 0.717) is 11.5 Å². The van der Waals surface area contributed by atoms with Crippen LogP contribution < -0.4 is 11.4 Å². The van der Waals surface area contributed by atoms with Crippen LogP contribution in [-0.4, -0.2) is 53.0 Å². The highest BCUT2D eigenvalue weighted by molar-refractivity contribution is 6.72. The fourth-order valence-corrected chi connectivity index (χ4v) is 8.84. The first-order chi connectivity index (χ1) is 12.8. The van der Waals surface area contributed by atoms with Crippen LogP contribution in [0, 0.1) is 11.8 Å². The second-order valence-electron chi connectivity index (χ2n) is 8.75. The molecule has 2 aliphatic carbocycles. The van der Waals surface area contributed by atoms with Crippen LogP contribution in [0.5, 0.6) is 0 Å². The van der Waals surface area contributed by atoms with Gasteiger partial charge >= 0.3 is 5.69 Å².